The molecule has 13 heavy (non-hydrogen) atoms. The number of rotatable bonds is 1. The van der Waals surface area contributed by atoms with Crippen LogP contribution in [0.3, 0.4) is 0 Å². The van der Waals surface area contributed by atoms with Crippen molar-refractivity contribution in [2.24, 2.45) is 0 Å². The van der Waals surface area contributed by atoms with Crippen molar-refractivity contribution in [3.05, 3.63) is 34.9 Å². The molecule has 1 N–H and O–H groups in total. The van der Waals surface area contributed by atoms with Crippen molar-refractivity contribution in [1.29, 1.82) is 0 Å². The summed E-state index contributed by atoms with van der Waals surface area (Å²) in [6, 6.07) is 5.78. The van der Waals surface area contributed by atoms with Gasteiger partial charge in [-0.05, 0) is 12.0 Å². The number of thiocarbonyl (C=S) groups is 1. The number of carbonyl (C=O) groups excluding carboxylic acids is 1. The van der Waals surface area contributed by atoms with Crippen LogP contribution >= 0.6 is 12.2 Å². The largest absolute Gasteiger partial charge is 0.312 e. The summed E-state index contributed by atoms with van der Waals surface area (Å²) in [5, 5.41) is 2.65. The third kappa shape index (κ3) is 1.16. The quantitative estimate of drug-likeness (QED) is 0.684. The maximum absolute atomic E-state index is 11.5. The van der Waals surface area contributed by atoms with Crippen molar-refractivity contribution >= 4 is 23.1 Å². The third-order valence-corrected chi connectivity index (χ3v) is 2.55. The fourth-order valence-electron chi connectivity index (χ4n) is 1.59. The molecule has 0 bridgehead atoms. The molecule has 0 radical (unpaired) electrons. The number of hydrogen-bond donors (Lipinski definition) is 1. The first-order valence-corrected chi connectivity index (χ1v) is 4.62. The topological polar surface area (TPSA) is 29.1 Å². The first-order chi connectivity index (χ1) is 6.24. The van der Waals surface area contributed by atoms with Gasteiger partial charge < -0.3 is 5.32 Å². The zero-order valence-electron chi connectivity index (χ0n) is 7.26. The Morgan fingerprint density at radius 3 is 2.92 bits per heavy atom. The SMILES string of the molecule is CCc1cccc2c1C(=O)NC2=S. The third-order valence-electron chi connectivity index (χ3n) is 2.23. The van der Waals surface area contributed by atoms with Gasteiger partial charge >= 0.3 is 0 Å². The lowest BCUT2D eigenvalue weighted by Crippen LogP contribution is -2.19. The van der Waals surface area contributed by atoms with Crippen LogP contribution < -0.4 is 5.32 Å². The number of benzene rings is 1. The normalized spacial score (nSPS) is 14.2. The Bertz CT molecular complexity index is 398. The van der Waals surface area contributed by atoms with Gasteiger partial charge in [0.25, 0.3) is 5.91 Å². The van der Waals surface area contributed by atoms with Gasteiger partial charge in [-0.15, -0.1) is 0 Å². The Morgan fingerprint density at radius 1 is 1.46 bits per heavy atom. The number of fused-ring (bicyclic) bond motifs is 1. The van der Waals surface area contributed by atoms with E-state index in [1.54, 1.807) is 0 Å². The molecule has 0 saturated carbocycles. The summed E-state index contributed by atoms with van der Waals surface area (Å²) in [7, 11) is 0. The molecule has 66 valence electrons. The van der Waals surface area contributed by atoms with Gasteiger partial charge in [0.1, 0.15) is 4.99 Å². The van der Waals surface area contributed by atoms with E-state index in [1.165, 1.54) is 0 Å². The zero-order chi connectivity index (χ0) is 9.42. The fraction of sp³-hybridized carbons (Fsp3) is 0.200. The van der Waals surface area contributed by atoms with Crippen LogP contribution in [0.15, 0.2) is 18.2 Å². The molecule has 0 aromatic heterocycles. The van der Waals surface area contributed by atoms with E-state index in [9.17, 15) is 4.79 Å². The Morgan fingerprint density at radius 2 is 2.23 bits per heavy atom. The Kier molecular flexibility index (Phi) is 1.88. The summed E-state index contributed by atoms with van der Waals surface area (Å²) in [5.74, 6) is -0.0579. The van der Waals surface area contributed by atoms with Gasteiger partial charge in [0, 0.05) is 5.56 Å². The van der Waals surface area contributed by atoms with Gasteiger partial charge in [0.15, 0.2) is 0 Å². The van der Waals surface area contributed by atoms with E-state index < -0.39 is 0 Å². The number of amides is 1. The highest BCUT2D eigenvalue weighted by Crippen LogP contribution is 2.20. The Balaban J connectivity index is 2.69. The molecule has 1 aliphatic heterocycles. The van der Waals surface area contributed by atoms with E-state index in [2.05, 4.69) is 5.32 Å². The van der Waals surface area contributed by atoms with Crippen LogP contribution in [0, 0.1) is 0 Å². The van der Waals surface area contributed by atoms with Gasteiger partial charge in [-0.2, -0.15) is 0 Å². The lowest BCUT2D eigenvalue weighted by molar-refractivity contribution is 0.0983. The van der Waals surface area contributed by atoms with Crippen molar-refractivity contribution in [2.45, 2.75) is 13.3 Å². The van der Waals surface area contributed by atoms with E-state index in [0.29, 0.717) is 4.99 Å². The number of carbonyl (C=O) groups is 1. The molecular weight excluding hydrogens is 182 g/mol. The molecule has 0 unspecified atom stereocenters. The molecule has 2 nitrogen and oxygen atoms in total. The second-order valence-corrected chi connectivity index (χ2v) is 3.38. The first-order valence-electron chi connectivity index (χ1n) is 4.21. The fourth-order valence-corrected chi connectivity index (χ4v) is 1.85. The minimum absolute atomic E-state index is 0.0579. The second kappa shape index (κ2) is 2.92. The van der Waals surface area contributed by atoms with Crippen molar-refractivity contribution in [1.82, 2.24) is 5.32 Å². The predicted molar refractivity (Wildman–Crippen MR) is 55.0 cm³/mol. The van der Waals surface area contributed by atoms with Crippen LogP contribution in [0.5, 0.6) is 0 Å². The second-order valence-electron chi connectivity index (χ2n) is 2.98. The minimum Gasteiger partial charge on any atom is -0.312 e. The molecule has 0 fully saturated rings. The van der Waals surface area contributed by atoms with Crippen LogP contribution in [-0.2, 0) is 6.42 Å². The summed E-state index contributed by atoms with van der Waals surface area (Å²) in [6.45, 7) is 2.03. The number of hydrogen-bond acceptors (Lipinski definition) is 2. The van der Waals surface area contributed by atoms with Crippen molar-refractivity contribution in [3.63, 3.8) is 0 Å². The van der Waals surface area contributed by atoms with E-state index in [1.807, 2.05) is 25.1 Å². The van der Waals surface area contributed by atoms with Crippen molar-refractivity contribution in [3.8, 4) is 0 Å². The molecule has 1 heterocycles. The first kappa shape index (κ1) is 8.38. The Labute approximate surface area is 82.0 Å². The highest BCUT2D eigenvalue weighted by atomic mass is 32.1. The summed E-state index contributed by atoms with van der Waals surface area (Å²) in [6.07, 6.45) is 0.860. The maximum Gasteiger partial charge on any atom is 0.257 e. The maximum atomic E-state index is 11.5. The molecule has 1 aromatic rings. The van der Waals surface area contributed by atoms with Crippen LogP contribution in [0.2, 0.25) is 0 Å². The standard InChI is InChI=1S/C10H9NOS/c1-2-6-4-3-5-7-8(6)9(12)11-10(7)13/h3-5H,2H2,1H3,(H,11,12,13). The zero-order valence-corrected chi connectivity index (χ0v) is 8.07. The molecule has 2 rings (SSSR count). The van der Waals surface area contributed by atoms with Gasteiger partial charge in [-0.1, -0.05) is 37.3 Å². The smallest absolute Gasteiger partial charge is 0.257 e. The minimum atomic E-state index is -0.0579. The van der Waals surface area contributed by atoms with Gasteiger partial charge in [0.05, 0.1) is 5.56 Å². The monoisotopic (exact) mass is 191 g/mol. The molecular formula is C10H9NOS. The summed E-state index contributed by atoms with van der Waals surface area (Å²) < 4.78 is 0. The molecule has 0 aliphatic carbocycles. The van der Waals surface area contributed by atoms with Crippen molar-refractivity contribution < 1.29 is 4.79 Å². The van der Waals surface area contributed by atoms with Crippen LogP contribution in [0.25, 0.3) is 0 Å². The van der Waals surface area contributed by atoms with Gasteiger partial charge in [-0.25, -0.2) is 0 Å². The number of aryl methyl sites for hydroxylation is 1. The average molecular weight is 191 g/mol. The molecule has 3 heteroatoms. The average Bonchev–Trinajstić information content (AvgIpc) is 2.43. The van der Waals surface area contributed by atoms with Gasteiger partial charge in [0.2, 0.25) is 0 Å². The summed E-state index contributed by atoms with van der Waals surface area (Å²) in [5.41, 5.74) is 2.70. The van der Waals surface area contributed by atoms with Crippen LogP contribution in [0.1, 0.15) is 28.4 Å². The van der Waals surface area contributed by atoms with Gasteiger partial charge in [-0.3, -0.25) is 4.79 Å². The molecule has 0 atom stereocenters. The van der Waals surface area contributed by atoms with E-state index in [4.69, 9.17) is 12.2 Å². The summed E-state index contributed by atoms with van der Waals surface area (Å²) in [4.78, 5) is 12.0. The van der Waals surface area contributed by atoms with Crippen LogP contribution in [-0.4, -0.2) is 10.9 Å². The highest BCUT2D eigenvalue weighted by Gasteiger charge is 2.25. The molecule has 1 amide bonds. The highest BCUT2D eigenvalue weighted by molar-refractivity contribution is 7.80. The lowest BCUT2D eigenvalue weighted by atomic mass is 10.0. The molecule has 0 spiro atoms. The molecule has 0 saturated heterocycles. The van der Waals surface area contributed by atoms with E-state index >= 15 is 0 Å². The predicted octanol–water partition coefficient (Wildman–Crippen LogP) is 1.67. The van der Waals surface area contributed by atoms with Crippen LogP contribution in [0.4, 0.5) is 0 Å². The van der Waals surface area contributed by atoms with E-state index in [-0.39, 0.29) is 5.91 Å². The molecule has 1 aromatic carbocycles. The lowest BCUT2D eigenvalue weighted by Gasteiger charge is -2.01. The number of nitrogens with one attached hydrogen (secondary N) is 1. The molecule has 1 aliphatic rings. The Hall–Kier alpha value is -1.22. The van der Waals surface area contributed by atoms with Crippen molar-refractivity contribution in [2.75, 3.05) is 0 Å². The summed E-state index contributed by atoms with van der Waals surface area (Å²) >= 11 is 5.03. The van der Waals surface area contributed by atoms with E-state index in [0.717, 1.165) is 23.1 Å².